The van der Waals surface area contributed by atoms with Gasteiger partial charge in [-0.05, 0) is 50.1 Å². The molecule has 0 amide bonds. The number of esters is 1. The van der Waals surface area contributed by atoms with Crippen molar-refractivity contribution in [2.24, 2.45) is 4.99 Å². The molecule has 0 unspecified atom stereocenters. The maximum absolute atomic E-state index is 11.8. The van der Waals surface area contributed by atoms with Gasteiger partial charge in [0, 0.05) is 51.8 Å². The first-order chi connectivity index (χ1) is 15.9. The summed E-state index contributed by atoms with van der Waals surface area (Å²) < 4.78 is 11.6. The van der Waals surface area contributed by atoms with E-state index in [1.54, 1.807) is 0 Å². The van der Waals surface area contributed by atoms with Crippen LogP contribution in [0.4, 0.5) is 0 Å². The largest absolute Gasteiger partial charge is 0.468 e. The van der Waals surface area contributed by atoms with E-state index in [2.05, 4.69) is 0 Å². The summed E-state index contributed by atoms with van der Waals surface area (Å²) in [5.74, 6) is -0.287. The first kappa shape index (κ1) is 25.0. The number of fused-ring (bicyclic) bond motifs is 3. The van der Waals surface area contributed by atoms with Crippen LogP contribution in [0, 0.1) is 6.92 Å². The van der Waals surface area contributed by atoms with Crippen LogP contribution < -0.4 is 0 Å². The number of methoxy groups -OCH3 is 1. The van der Waals surface area contributed by atoms with Gasteiger partial charge in [-0.2, -0.15) is 0 Å². The summed E-state index contributed by atoms with van der Waals surface area (Å²) in [6, 6.07) is 13.5. The van der Waals surface area contributed by atoms with Gasteiger partial charge < -0.3 is 14.0 Å². The molecular weight excluding hydrogens is 459 g/mol. The highest BCUT2D eigenvalue weighted by molar-refractivity contribution is 6.36. The quantitative estimate of drug-likeness (QED) is 0.395. The molecule has 2 aromatic carbocycles. The molecule has 7 heteroatoms. The molecule has 0 radical (unpaired) electrons. The summed E-state index contributed by atoms with van der Waals surface area (Å²) in [7, 11) is 1.39. The number of nitrogens with zero attached hydrogens (tertiary/aromatic N) is 2. The van der Waals surface area contributed by atoms with Gasteiger partial charge in [0.15, 0.2) is 0 Å². The number of ether oxygens (including phenoxy) is 2. The molecule has 1 aliphatic heterocycles. The van der Waals surface area contributed by atoms with E-state index >= 15 is 0 Å². The zero-order valence-electron chi connectivity index (χ0n) is 19.3. The van der Waals surface area contributed by atoms with Crippen molar-refractivity contribution >= 4 is 34.9 Å². The Labute approximate surface area is 205 Å². The Balaban J connectivity index is 0.000000555. The fraction of sp³-hybridized carbons (Fsp3) is 0.308. The van der Waals surface area contributed by atoms with Crippen molar-refractivity contribution in [3.05, 3.63) is 81.1 Å². The number of carbonyl (C=O) groups excluding carboxylic acids is 1. The van der Waals surface area contributed by atoms with Gasteiger partial charge in [-0.3, -0.25) is 9.79 Å². The van der Waals surface area contributed by atoms with Crippen molar-refractivity contribution in [3.8, 4) is 11.1 Å². The maximum atomic E-state index is 11.8. The number of hydrogen-bond donors (Lipinski definition) is 0. The summed E-state index contributed by atoms with van der Waals surface area (Å²) in [4.78, 5) is 16.7. The summed E-state index contributed by atoms with van der Waals surface area (Å²) in [6.45, 7) is 8.32. The number of hydrogen-bond acceptors (Lipinski definition) is 4. The minimum absolute atomic E-state index is 0.166. The Bertz CT molecular complexity index is 1170. The van der Waals surface area contributed by atoms with E-state index in [1.165, 1.54) is 7.11 Å². The first-order valence-electron chi connectivity index (χ1n) is 10.8. The minimum atomic E-state index is -0.287. The number of rotatable bonds is 5. The number of carbonyl (C=O) groups is 1. The first-order valence-corrected chi connectivity index (χ1v) is 11.6. The number of aromatic nitrogens is 1. The van der Waals surface area contributed by atoms with Crippen molar-refractivity contribution in [2.45, 2.75) is 33.9 Å². The fourth-order valence-electron chi connectivity index (χ4n) is 3.85. The normalized spacial score (nSPS) is 12.0. The Kier molecular flexibility index (Phi) is 8.73. The van der Waals surface area contributed by atoms with E-state index in [0.717, 1.165) is 52.4 Å². The molecule has 0 atom stereocenters. The Morgan fingerprint density at radius 3 is 2.42 bits per heavy atom. The van der Waals surface area contributed by atoms with Gasteiger partial charge in [-0.25, -0.2) is 0 Å². The van der Waals surface area contributed by atoms with Crippen molar-refractivity contribution in [1.29, 1.82) is 0 Å². The molecular formula is C26H28Cl2N2O3. The van der Waals surface area contributed by atoms with Crippen LogP contribution in [0.1, 0.15) is 36.2 Å². The SMILES string of the molecule is CCOCC.COC(=O)Cn1cc2c(c1C)-c1ccc(Cl)cc1C(c1ccccc1Cl)=NC2. The van der Waals surface area contributed by atoms with E-state index in [-0.39, 0.29) is 12.5 Å². The average Bonchev–Trinajstić information content (AvgIpc) is 3.01. The van der Waals surface area contributed by atoms with Crippen LogP contribution in [0.5, 0.6) is 0 Å². The van der Waals surface area contributed by atoms with Crippen LogP contribution in [0.2, 0.25) is 10.0 Å². The molecule has 0 aliphatic carbocycles. The second-order valence-corrected chi connectivity index (χ2v) is 8.28. The molecule has 2 heterocycles. The van der Waals surface area contributed by atoms with Gasteiger partial charge in [0.1, 0.15) is 6.54 Å². The lowest BCUT2D eigenvalue weighted by molar-refractivity contribution is -0.141. The van der Waals surface area contributed by atoms with Crippen molar-refractivity contribution < 1.29 is 14.3 Å². The molecule has 1 aliphatic rings. The monoisotopic (exact) mass is 486 g/mol. The third-order valence-corrected chi connectivity index (χ3v) is 5.97. The lowest BCUT2D eigenvalue weighted by atomic mass is 9.93. The van der Waals surface area contributed by atoms with E-state index in [1.807, 2.05) is 74.0 Å². The average molecular weight is 487 g/mol. The summed E-state index contributed by atoms with van der Waals surface area (Å²) in [6.07, 6.45) is 1.97. The Morgan fingerprint density at radius 1 is 1.06 bits per heavy atom. The molecule has 5 nitrogen and oxygen atoms in total. The highest BCUT2D eigenvalue weighted by Crippen LogP contribution is 2.38. The Morgan fingerprint density at radius 2 is 1.79 bits per heavy atom. The standard InChI is InChI=1S/C22H18Cl2N2O2.C4H10O/c1-13-21-14(11-26(13)12-20(27)28-2)10-25-22(17-5-3-4-6-19(17)24)18-9-15(23)7-8-16(18)21;1-3-5-4-2/h3-9,11H,10,12H2,1-2H3;3-4H2,1-2H3. The molecule has 3 aromatic rings. The van der Waals surface area contributed by atoms with Gasteiger partial charge in [0.2, 0.25) is 0 Å². The molecule has 4 rings (SSSR count). The van der Waals surface area contributed by atoms with Gasteiger partial charge >= 0.3 is 5.97 Å². The molecule has 0 spiro atoms. The highest BCUT2D eigenvalue weighted by Gasteiger charge is 2.24. The maximum Gasteiger partial charge on any atom is 0.325 e. The molecule has 0 N–H and O–H groups in total. The van der Waals surface area contributed by atoms with Gasteiger partial charge in [-0.1, -0.05) is 47.5 Å². The molecule has 0 saturated carbocycles. The second-order valence-electron chi connectivity index (χ2n) is 7.43. The van der Waals surface area contributed by atoms with Crippen LogP contribution in [0.25, 0.3) is 11.1 Å². The highest BCUT2D eigenvalue weighted by atomic mass is 35.5. The van der Waals surface area contributed by atoms with Crippen LogP contribution >= 0.6 is 23.2 Å². The summed E-state index contributed by atoms with van der Waals surface area (Å²) in [5, 5.41) is 1.28. The smallest absolute Gasteiger partial charge is 0.325 e. The van der Waals surface area contributed by atoms with Gasteiger partial charge in [0.05, 0.1) is 19.4 Å². The van der Waals surface area contributed by atoms with Crippen molar-refractivity contribution in [3.63, 3.8) is 0 Å². The third-order valence-electron chi connectivity index (χ3n) is 5.40. The summed E-state index contributed by atoms with van der Waals surface area (Å²) in [5.41, 5.74) is 6.75. The van der Waals surface area contributed by atoms with Crippen LogP contribution in [0.15, 0.2) is 53.7 Å². The third kappa shape index (κ3) is 5.67. The molecule has 33 heavy (non-hydrogen) atoms. The number of halogens is 2. The zero-order valence-corrected chi connectivity index (χ0v) is 20.8. The van der Waals surface area contributed by atoms with Gasteiger partial charge in [0.25, 0.3) is 0 Å². The summed E-state index contributed by atoms with van der Waals surface area (Å²) >= 11 is 12.8. The van der Waals surface area contributed by atoms with E-state index in [4.69, 9.17) is 37.7 Å². The van der Waals surface area contributed by atoms with Crippen LogP contribution in [-0.2, 0) is 27.4 Å². The van der Waals surface area contributed by atoms with E-state index in [9.17, 15) is 4.79 Å². The van der Waals surface area contributed by atoms with Crippen LogP contribution in [-0.4, -0.2) is 36.6 Å². The lowest BCUT2D eigenvalue weighted by Gasteiger charge is -2.14. The molecule has 174 valence electrons. The molecule has 0 fully saturated rings. The second kappa shape index (κ2) is 11.5. The fourth-order valence-corrected chi connectivity index (χ4v) is 4.25. The molecule has 0 bridgehead atoms. The topological polar surface area (TPSA) is 52.8 Å². The predicted molar refractivity (Wildman–Crippen MR) is 135 cm³/mol. The van der Waals surface area contributed by atoms with E-state index < -0.39 is 0 Å². The van der Waals surface area contributed by atoms with Crippen LogP contribution in [0.3, 0.4) is 0 Å². The lowest BCUT2D eigenvalue weighted by Crippen LogP contribution is -2.12. The molecule has 0 saturated heterocycles. The van der Waals surface area contributed by atoms with Crippen molar-refractivity contribution in [1.82, 2.24) is 4.57 Å². The van der Waals surface area contributed by atoms with Gasteiger partial charge in [-0.15, -0.1) is 0 Å². The predicted octanol–water partition coefficient (Wildman–Crippen LogP) is 6.34. The number of benzene rings is 2. The zero-order chi connectivity index (χ0) is 24.0. The molecule has 1 aromatic heterocycles. The van der Waals surface area contributed by atoms with Crippen molar-refractivity contribution in [2.75, 3.05) is 20.3 Å². The Hall–Kier alpha value is -2.60. The van der Waals surface area contributed by atoms with E-state index in [0.29, 0.717) is 16.6 Å². The minimum Gasteiger partial charge on any atom is -0.468 e. The number of aliphatic imine (C=N–C) groups is 1.